The standard InChI is InChI=1S/C25H36N2O2/c1-17(2)16-19-21(24(19,4)5)22(28)27(6)25(14-10-7-11-15-25)23(29)26-20-13-9-8-12-18(20)3/h8-9,12-13,16,19,21H,7,10-11,14-15H2,1-6H3,(H,26,29). The quantitative estimate of drug-likeness (QED) is 0.684. The van der Waals surface area contributed by atoms with Crippen LogP contribution in [-0.2, 0) is 9.59 Å². The van der Waals surface area contributed by atoms with Crippen LogP contribution in [0.25, 0.3) is 0 Å². The van der Waals surface area contributed by atoms with Gasteiger partial charge in [-0.1, -0.05) is 63.0 Å². The average Bonchev–Trinajstić information content (AvgIpc) is 3.21. The number of rotatable bonds is 5. The Morgan fingerprint density at radius 1 is 1.10 bits per heavy atom. The predicted octanol–water partition coefficient (Wildman–Crippen LogP) is 5.33. The molecule has 0 spiro atoms. The lowest BCUT2D eigenvalue weighted by atomic mass is 9.79. The van der Waals surface area contributed by atoms with E-state index in [9.17, 15) is 9.59 Å². The molecule has 2 amide bonds. The summed E-state index contributed by atoms with van der Waals surface area (Å²) >= 11 is 0. The van der Waals surface area contributed by atoms with Gasteiger partial charge in [0.25, 0.3) is 0 Å². The number of carbonyl (C=O) groups is 2. The van der Waals surface area contributed by atoms with Crippen molar-refractivity contribution >= 4 is 17.5 Å². The molecule has 1 aromatic carbocycles. The van der Waals surface area contributed by atoms with E-state index >= 15 is 0 Å². The molecule has 2 aliphatic carbocycles. The molecule has 4 nitrogen and oxygen atoms in total. The lowest BCUT2D eigenvalue weighted by Crippen LogP contribution is -2.59. The van der Waals surface area contributed by atoms with Gasteiger partial charge in [0.15, 0.2) is 0 Å². The number of allylic oxidation sites excluding steroid dienone is 2. The molecule has 1 N–H and O–H groups in total. The summed E-state index contributed by atoms with van der Waals surface area (Å²) in [5, 5.41) is 3.14. The zero-order chi connectivity index (χ0) is 21.4. The van der Waals surface area contributed by atoms with Gasteiger partial charge in [0.2, 0.25) is 11.8 Å². The molecule has 1 aromatic rings. The summed E-state index contributed by atoms with van der Waals surface area (Å²) in [7, 11) is 1.85. The zero-order valence-corrected chi connectivity index (χ0v) is 18.8. The van der Waals surface area contributed by atoms with E-state index in [1.807, 2.05) is 38.2 Å². The van der Waals surface area contributed by atoms with Crippen LogP contribution in [0.1, 0.15) is 65.4 Å². The van der Waals surface area contributed by atoms with Crippen molar-refractivity contribution in [1.29, 1.82) is 0 Å². The van der Waals surface area contributed by atoms with Gasteiger partial charge in [-0.2, -0.15) is 0 Å². The number of nitrogens with zero attached hydrogens (tertiary/aromatic N) is 1. The minimum Gasteiger partial charge on any atom is -0.331 e. The monoisotopic (exact) mass is 396 g/mol. The first-order valence-corrected chi connectivity index (χ1v) is 10.9. The van der Waals surface area contributed by atoms with E-state index in [4.69, 9.17) is 0 Å². The molecule has 4 heteroatoms. The number of benzene rings is 1. The lowest BCUT2D eigenvalue weighted by Gasteiger charge is -2.43. The van der Waals surface area contributed by atoms with E-state index in [0.717, 1.165) is 43.4 Å². The van der Waals surface area contributed by atoms with Gasteiger partial charge in [-0.15, -0.1) is 0 Å². The van der Waals surface area contributed by atoms with Crippen LogP contribution in [0.5, 0.6) is 0 Å². The van der Waals surface area contributed by atoms with E-state index < -0.39 is 5.54 Å². The first kappa shape index (κ1) is 21.6. The molecule has 2 aliphatic rings. The maximum Gasteiger partial charge on any atom is 0.250 e. The van der Waals surface area contributed by atoms with Crippen molar-refractivity contribution < 1.29 is 9.59 Å². The van der Waals surface area contributed by atoms with Crippen LogP contribution in [-0.4, -0.2) is 29.3 Å². The van der Waals surface area contributed by atoms with Crippen LogP contribution in [0.15, 0.2) is 35.9 Å². The third kappa shape index (κ3) is 3.99. The van der Waals surface area contributed by atoms with Gasteiger partial charge in [-0.3, -0.25) is 9.59 Å². The van der Waals surface area contributed by atoms with Crippen molar-refractivity contribution in [2.45, 2.75) is 72.3 Å². The summed E-state index contributed by atoms with van der Waals surface area (Å²) in [6, 6.07) is 7.83. The number of anilines is 1. The Hall–Kier alpha value is -2.10. The van der Waals surface area contributed by atoms with Crippen molar-refractivity contribution in [2.75, 3.05) is 12.4 Å². The summed E-state index contributed by atoms with van der Waals surface area (Å²) in [6.07, 6.45) is 6.75. The Balaban J connectivity index is 1.86. The topological polar surface area (TPSA) is 49.4 Å². The molecule has 2 saturated carbocycles. The fourth-order valence-corrected chi connectivity index (χ4v) is 5.04. The van der Waals surface area contributed by atoms with Crippen LogP contribution in [0, 0.1) is 24.2 Å². The molecular weight excluding hydrogens is 360 g/mol. The zero-order valence-electron chi connectivity index (χ0n) is 18.8. The second-order valence-electron chi connectivity index (χ2n) is 9.83. The van der Waals surface area contributed by atoms with Gasteiger partial charge in [-0.25, -0.2) is 0 Å². The summed E-state index contributed by atoms with van der Waals surface area (Å²) in [5.41, 5.74) is 2.30. The summed E-state index contributed by atoms with van der Waals surface area (Å²) in [6.45, 7) is 10.5. The van der Waals surface area contributed by atoms with Crippen molar-refractivity contribution in [3.63, 3.8) is 0 Å². The number of amides is 2. The fourth-order valence-electron chi connectivity index (χ4n) is 5.04. The van der Waals surface area contributed by atoms with Crippen molar-refractivity contribution in [1.82, 2.24) is 4.90 Å². The van der Waals surface area contributed by atoms with Crippen LogP contribution in [0.4, 0.5) is 5.69 Å². The second kappa shape index (κ2) is 7.97. The van der Waals surface area contributed by atoms with Crippen LogP contribution < -0.4 is 5.32 Å². The molecule has 0 radical (unpaired) electrons. The molecule has 0 saturated heterocycles. The van der Waals surface area contributed by atoms with Gasteiger partial charge in [0.1, 0.15) is 5.54 Å². The Morgan fingerprint density at radius 2 is 1.72 bits per heavy atom. The van der Waals surface area contributed by atoms with Crippen molar-refractivity contribution in [3.05, 3.63) is 41.5 Å². The third-order valence-electron chi connectivity index (χ3n) is 7.16. The molecule has 0 heterocycles. The molecule has 2 atom stereocenters. The third-order valence-corrected chi connectivity index (χ3v) is 7.16. The molecule has 2 fully saturated rings. The highest BCUT2D eigenvalue weighted by atomic mass is 16.2. The molecule has 2 unspecified atom stereocenters. The van der Waals surface area contributed by atoms with Gasteiger partial charge in [0.05, 0.1) is 5.92 Å². The number of carbonyl (C=O) groups excluding carboxylic acids is 2. The molecule has 158 valence electrons. The van der Waals surface area contributed by atoms with Gasteiger partial charge in [-0.05, 0) is 56.6 Å². The number of likely N-dealkylation sites (N-methyl/N-ethyl adjacent to an activating group) is 1. The Bertz CT molecular complexity index is 814. The smallest absolute Gasteiger partial charge is 0.250 e. The second-order valence-corrected chi connectivity index (χ2v) is 9.83. The highest BCUT2D eigenvalue weighted by molar-refractivity contribution is 6.01. The van der Waals surface area contributed by atoms with Gasteiger partial charge in [0, 0.05) is 12.7 Å². The van der Waals surface area contributed by atoms with Gasteiger partial charge >= 0.3 is 0 Å². The molecule has 0 bridgehead atoms. The van der Waals surface area contributed by atoms with Crippen molar-refractivity contribution in [2.24, 2.45) is 17.3 Å². The SMILES string of the molecule is CC(C)=CC1C(C(=O)N(C)C2(C(=O)Nc3ccccc3C)CCCCC2)C1(C)C. The number of aryl methyl sites for hydroxylation is 1. The summed E-state index contributed by atoms with van der Waals surface area (Å²) < 4.78 is 0. The van der Waals surface area contributed by atoms with Crippen molar-refractivity contribution in [3.8, 4) is 0 Å². The molecule has 3 rings (SSSR count). The maximum absolute atomic E-state index is 13.6. The first-order valence-electron chi connectivity index (χ1n) is 10.9. The normalized spacial score (nSPS) is 24.3. The minimum atomic E-state index is -0.758. The first-order chi connectivity index (χ1) is 13.6. The van der Waals surface area contributed by atoms with Crippen LogP contribution in [0.3, 0.4) is 0 Å². The Kier molecular flexibility index (Phi) is 5.93. The number of para-hydroxylation sites is 1. The fraction of sp³-hybridized carbons (Fsp3) is 0.600. The molecule has 0 aliphatic heterocycles. The molecule has 0 aromatic heterocycles. The number of hydrogen-bond acceptors (Lipinski definition) is 2. The number of nitrogens with one attached hydrogen (secondary N) is 1. The Morgan fingerprint density at radius 3 is 2.31 bits per heavy atom. The largest absolute Gasteiger partial charge is 0.331 e. The van der Waals surface area contributed by atoms with Crippen LogP contribution in [0.2, 0.25) is 0 Å². The lowest BCUT2D eigenvalue weighted by molar-refractivity contribution is -0.147. The average molecular weight is 397 g/mol. The predicted molar refractivity (Wildman–Crippen MR) is 119 cm³/mol. The molecule has 29 heavy (non-hydrogen) atoms. The van der Waals surface area contributed by atoms with Crippen LogP contribution >= 0.6 is 0 Å². The summed E-state index contributed by atoms with van der Waals surface area (Å²) in [5.74, 6) is 0.272. The van der Waals surface area contributed by atoms with E-state index in [1.165, 1.54) is 5.57 Å². The highest BCUT2D eigenvalue weighted by Crippen LogP contribution is 2.60. The highest BCUT2D eigenvalue weighted by Gasteiger charge is 2.62. The van der Waals surface area contributed by atoms with E-state index in [1.54, 1.807) is 4.90 Å². The summed E-state index contributed by atoms with van der Waals surface area (Å²) in [4.78, 5) is 28.9. The van der Waals surface area contributed by atoms with Gasteiger partial charge < -0.3 is 10.2 Å². The van der Waals surface area contributed by atoms with E-state index in [0.29, 0.717) is 0 Å². The van der Waals surface area contributed by atoms with E-state index in [-0.39, 0.29) is 29.1 Å². The number of hydrogen-bond donors (Lipinski definition) is 1. The van der Waals surface area contributed by atoms with E-state index in [2.05, 4.69) is 39.1 Å². The Labute approximate surface area is 175 Å². The molecular formula is C25H36N2O2. The minimum absolute atomic E-state index is 0.0421. The maximum atomic E-state index is 13.6.